The summed E-state index contributed by atoms with van der Waals surface area (Å²) in [6.07, 6.45) is 0.903. The average molecular weight is 325 g/mol. The van der Waals surface area contributed by atoms with Gasteiger partial charge < -0.3 is 10.2 Å². The number of nitrogens with one attached hydrogen (secondary N) is 1. The van der Waals surface area contributed by atoms with Gasteiger partial charge in [0.25, 0.3) is 5.69 Å². The lowest BCUT2D eigenvalue weighted by atomic mass is 10.1. The molecule has 1 aliphatic rings. The Morgan fingerprint density at radius 3 is 2.67 bits per heavy atom. The first kappa shape index (κ1) is 16.0. The fourth-order valence-corrected chi connectivity index (χ4v) is 3.00. The zero-order valence-electron chi connectivity index (χ0n) is 13.4. The van der Waals surface area contributed by atoms with Gasteiger partial charge in [-0.1, -0.05) is 18.2 Å². The molecule has 6 nitrogen and oxygen atoms in total. The van der Waals surface area contributed by atoms with Crippen LogP contribution >= 0.6 is 0 Å². The van der Waals surface area contributed by atoms with Crippen molar-refractivity contribution in [2.24, 2.45) is 0 Å². The summed E-state index contributed by atoms with van der Waals surface area (Å²) in [6, 6.07) is 14.8. The summed E-state index contributed by atoms with van der Waals surface area (Å²) < 4.78 is 0. The summed E-state index contributed by atoms with van der Waals surface area (Å²) in [6.45, 7) is 3.09. The second-order valence-corrected chi connectivity index (χ2v) is 5.96. The predicted octanol–water partition coefficient (Wildman–Crippen LogP) is 3.49. The van der Waals surface area contributed by atoms with Crippen LogP contribution in [0.5, 0.6) is 0 Å². The van der Waals surface area contributed by atoms with E-state index in [0.29, 0.717) is 11.3 Å². The number of ketones is 1. The molecule has 0 radical (unpaired) electrons. The lowest BCUT2D eigenvalue weighted by Gasteiger charge is -2.19. The van der Waals surface area contributed by atoms with Gasteiger partial charge in [-0.2, -0.15) is 0 Å². The summed E-state index contributed by atoms with van der Waals surface area (Å²) >= 11 is 0. The first-order chi connectivity index (χ1) is 11.5. The van der Waals surface area contributed by atoms with Crippen LogP contribution in [-0.2, 0) is 0 Å². The van der Waals surface area contributed by atoms with E-state index in [0.717, 1.165) is 25.2 Å². The number of nitrogens with zero attached hydrogens (tertiary/aromatic N) is 2. The highest BCUT2D eigenvalue weighted by molar-refractivity contribution is 5.95. The van der Waals surface area contributed by atoms with E-state index in [1.54, 1.807) is 12.1 Å². The molecule has 0 amide bonds. The Morgan fingerprint density at radius 1 is 1.25 bits per heavy atom. The number of carbonyl (C=O) groups excluding carboxylic acids is 1. The van der Waals surface area contributed by atoms with Gasteiger partial charge in [-0.05, 0) is 37.6 Å². The van der Waals surface area contributed by atoms with E-state index in [-0.39, 0.29) is 17.5 Å². The summed E-state index contributed by atoms with van der Waals surface area (Å²) in [5.74, 6) is -0.180. The summed E-state index contributed by atoms with van der Waals surface area (Å²) in [7, 11) is 0. The highest BCUT2D eigenvalue weighted by atomic mass is 16.6. The van der Waals surface area contributed by atoms with E-state index in [1.165, 1.54) is 13.0 Å². The molecule has 1 atom stereocenters. The molecule has 124 valence electrons. The number of nitro benzene ring substituents is 1. The van der Waals surface area contributed by atoms with Crippen molar-refractivity contribution in [1.29, 1.82) is 0 Å². The molecule has 1 N–H and O–H groups in total. The largest absolute Gasteiger partial charge is 0.375 e. The molecular formula is C18H19N3O3. The standard InChI is InChI=1S/C18H19N3O3/c1-13(22)14-7-8-17(18(11-14)21(23)24)19-15-9-10-20(12-15)16-5-3-2-4-6-16/h2-8,11,15,19H,9-10,12H2,1H3. The van der Waals surface area contributed by atoms with Gasteiger partial charge in [0.1, 0.15) is 5.69 Å². The molecule has 2 aromatic carbocycles. The quantitative estimate of drug-likeness (QED) is 0.517. The Hall–Kier alpha value is -2.89. The van der Waals surface area contributed by atoms with Gasteiger partial charge in [0.15, 0.2) is 5.78 Å². The second kappa shape index (κ2) is 6.70. The zero-order chi connectivity index (χ0) is 17.1. The third kappa shape index (κ3) is 3.37. The Labute approximate surface area is 140 Å². The van der Waals surface area contributed by atoms with Crippen LogP contribution < -0.4 is 10.2 Å². The number of hydrogen-bond donors (Lipinski definition) is 1. The average Bonchev–Trinajstić information content (AvgIpc) is 3.04. The molecular weight excluding hydrogens is 306 g/mol. The number of nitro groups is 1. The minimum Gasteiger partial charge on any atom is -0.375 e. The van der Waals surface area contributed by atoms with E-state index in [2.05, 4.69) is 22.3 Å². The number of rotatable bonds is 5. The van der Waals surface area contributed by atoms with Crippen LogP contribution in [0.2, 0.25) is 0 Å². The normalized spacial score (nSPS) is 16.9. The van der Waals surface area contributed by atoms with Gasteiger partial charge in [-0.3, -0.25) is 14.9 Å². The Bertz CT molecular complexity index is 761. The van der Waals surface area contributed by atoms with E-state index in [1.807, 2.05) is 18.2 Å². The van der Waals surface area contributed by atoms with Crippen LogP contribution in [-0.4, -0.2) is 29.8 Å². The van der Waals surface area contributed by atoms with E-state index in [9.17, 15) is 14.9 Å². The minimum atomic E-state index is -0.446. The van der Waals surface area contributed by atoms with Crippen molar-refractivity contribution < 1.29 is 9.72 Å². The van der Waals surface area contributed by atoms with Crippen molar-refractivity contribution in [3.8, 4) is 0 Å². The third-order valence-electron chi connectivity index (χ3n) is 4.27. The van der Waals surface area contributed by atoms with Gasteiger partial charge in [-0.15, -0.1) is 0 Å². The second-order valence-electron chi connectivity index (χ2n) is 5.96. The fraction of sp³-hybridized carbons (Fsp3) is 0.278. The summed E-state index contributed by atoms with van der Waals surface area (Å²) in [5, 5.41) is 14.6. The van der Waals surface area contributed by atoms with Gasteiger partial charge in [0.05, 0.1) is 4.92 Å². The van der Waals surface area contributed by atoms with Crippen LogP contribution in [0.3, 0.4) is 0 Å². The number of anilines is 2. The maximum absolute atomic E-state index is 11.4. The highest BCUT2D eigenvalue weighted by Gasteiger charge is 2.25. The number of benzene rings is 2. The van der Waals surface area contributed by atoms with Gasteiger partial charge in [0, 0.05) is 36.4 Å². The smallest absolute Gasteiger partial charge is 0.293 e. The van der Waals surface area contributed by atoms with Crippen molar-refractivity contribution in [2.45, 2.75) is 19.4 Å². The van der Waals surface area contributed by atoms with Gasteiger partial charge in [-0.25, -0.2) is 0 Å². The molecule has 24 heavy (non-hydrogen) atoms. The Morgan fingerprint density at radius 2 is 2.00 bits per heavy atom. The number of Topliss-reactive ketones (excluding diaryl/α,β-unsaturated/α-hetero) is 1. The van der Waals surface area contributed by atoms with Crippen molar-refractivity contribution in [1.82, 2.24) is 0 Å². The molecule has 1 saturated heterocycles. The Kier molecular flexibility index (Phi) is 4.46. The van der Waals surface area contributed by atoms with Gasteiger partial charge in [0.2, 0.25) is 0 Å². The molecule has 0 aromatic heterocycles. The maximum atomic E-state index is 11.4. The number of hydrogen-bond acceptors (Lipinski definition) is 5. The maximum Gasteiger partial charge on any atom is 0.293 e. The molecule has 0 aliphatic carbocycles. The first-order valence-electron chi connectivity index (χ1n) is 7.90. The van der Waals surface area contributed by atoms with Crippen LogP contribution in [0.25, 0.3) is 0 Å². The number of para-hydroxylation sites is 1. The van der Waals surface area contributed by atoms with Gasteiger partial charge >= 0.3 is 0 Å². The molecule has 0 bridgehead atoms. The monoisotopic (exact) mass is 325 g/mol. The zero-order valence-corrected chi connectivity index (χ0v) is 13.4. The van der Waals surface area contributed by atoms with Crippen LogP contribution in [0, 0.1) is 10.1 Å². The molecule has 6 heteroatoms. The molecule has 0 spiro atoms. The van der Waals surface area contributed by atoms with Crippen LogP contribution in [0.15, 0.2) is 48.5 Å². The van der Waals surface area contributed by atoms with Crippen molar-refractivity contribution >= 4 is 22.8 Å². The first-order valence-corrected chi connectivity index (χ1v) is 7.90. The minimum absolute atomic E-state index is 0.0548. The lowest BCUT2D eigenvalue weighted by Crippen LogP contribution is -2.26. The van der Waals surface area contributed by atoms with Crippen LogP contribution in [0.1, 0.15) is 23.7 Å². The molecule has 1 unspecified atom stereocenters. The highest BCUT2D eigenvalue weighted by Crippen LogP contribution is 2.29. The van der Waals surface area contributed by atoms with E-state index < -0.39 is 4.92 Å². The lowest BCUT2D eigenvalue weighted by molar-refractivity contribution is -0.384. The third-order valence-corrected chi connectivity index (χ3v) is 4.27. The molecule has 1 aliphatic heterocycles. The fourth-order valence-electron chi connectivity index (χ4n) is 3.00. The predicted molar refractivity (Wildman–Crippen MR) is 93.8 cm³/mol. The van der Waals surface area contributed by atoms with E-state index in [4.69, 9.17) is 0 Å². The molecule has 1 heterocycles. The summed E-state index contributed by atoms with van der Waals surface area (Å²) in [5.41, 5.74) is 1.92. The topological polar surface area (TPSA) is 75.5 Å². The molecule has 3 rings (SSSR count). The number of carbonyl (C=O) groups is 1. The molecule has 2 aromatic rings. The molecule has 0 saturated carbocycles. The molecule has 1 fully saturated rings. The summed E-state index contributed by atoms with van der Waals surface area (Å²) in [4.78, 5) is 24.5. The Balaban J connectivity index is 1.75. The van der Waals surface area contributed by atoms with Crippen molar-refractivity contribution in [3.63, 3.8) is 0 Å². The van der Waals surface area contributed by atoms with Crippen molar-refractivity contribution in [3.05, 3.63) is 64.2 Å². The van der Waals surface area contributed by atoms with Crippen molar-refractivity contribution in [2.75, 3.05) is 23.3 Å². The SMILES string of the molecule is CC(=O)c1ccc(NC2CCN(c3ccccc3)C2)c([N+](=O)[O-])c1. The van der Waals surface area contributed by atoms with E-state index >= 15 is 0 Å². The van der Waals surface area contributed by atoms with Crippen LogP contribution in [0.4, 0.5) is 17.1 Å².